The predicted octanol–water partition coefficient (Wildman–Crippen LogP) is 4.31. The van der Waals surface area contributed by atoms with Crippen molar-refractivity contribution in [1.29, 1.82) is 0 Å². The molecule has 1 N–H and O–H groups in total. The first kappa shape index (κ1) is 16.2. The molecule has 0 unspecified atom stereocenters. The van der Waals surface area contributed by atoms with Crippen molar-refractivity contribution in [2.45, 2.75) is 6.42 Å². The van der Waals surface area contributed by atoms with E-state index in [1.165, 1.54) is 17.8 Å². The Bertz CT molecular complexity index is 990. The maximum absolute atomic E-state index is 13.3. The second-order valence-electron chi connectivity index (χ2n) is 6.05. The van der Waals surface area contributed by atoms with Gasteiger partial charge in [-0.3, -0.25) is 9.78 Å². The summed E-state index contributed by atoms with van der Waals surface area (Å²) in [7, 11) is 0. The number of nitrogens with zero attached hydrogens (tertiary/aromatic N) is 2. The van der Waals surface area contributed by atoms with Crippen molar-refractivity contribution in [2.75, 3.05) is 16.8 Å². The van der Waals surface area contributed by atoms with Gasteiger partial charge < -0.3 is 10.2 Å². The molecule has 2 aromatic carbocycles. The molecule has 2 heterocycles. The second-order valence-corrected chi connectivity index (χ2v) is 6.05. The Kier molecular flexibility index (Phi) is 4.08. The van der Waals surface area contributed by atoms with Gasteiger partial charge in [0.25, 0.3) is 5.91 Å². The highest BCUT2D eigenvalue weighted by molar-refractivity contribution is 6.04. The quantitative estimate of drug-likeness (QED) is 0.765. The first-order chi connectivity index (χ1) is 12.6. The van der Waals surface area contributed by atoms with Crippen LogP contribution in [-0.2, 0) is 6.42 Å². The Morgan fingerprint density at radius 1 is 1.04 bits per heavy atom. The molecule has 3 aromatic rings. The number of hydrogen-bond donors (Lipinski definition) is 1. The highest BCUT2D eigenvalue weighted by Gasteiger charge is 2.21. The number of nitrogens with one attached hydrogen (secondary N) is 1. The number of pyridine rings is 1. The molecule has 1 aliphatic rings. The molecule has 0 atom stereocenters. The van der Waals surface area contributed by atoms with Crippen LogP contribution in [0, 0.1) is 11.6 Å². The lowest BCUT2D eigenvalue weighted by molar-refractivity contribution is 0.102. The molecule has 1 amide bonds. The SMILES string of the molecule is O=C(Nc1ccc(F)c(F)c1)c1cncc(N2CCc3ccccc32)c1. The molecule has 0 bridgehead atoms. The predicted molar refractivity (Wildman–Crippen MR) is 95.7 cm³/mol. The maximum atomic E-state index is 13.3. The number of aromatic nitrogens is 1. The molecule has 0 saturated heterocycles. The number of hydrogen-bond acceptors (Lipinski definition) is 3. The van der Waals surface area contributed by atoms with Crippen molar-refractivity contribution in [3.63, 3.8) is 0 Å². The van der Waals surface area contributed by atoms with Gasteiger partial charge in [-0.05, 0) is 36.2 Å². The summed E-state index contributed by atoms with van der Waals surface area (Å²) < 4.78 is 26.3. The van der Waals surface area contributed by atoms with Crippen LogP contribution in [-0.4, -0.2) is 17.4 Å². The number of halogens is 2. The van der Waals surface area contributed by atoms with Crippen molar-refractivity contribution in [1.82, 2.24) is 4.98 Å². The van der Waals surface area contributed by atoms with Crippen LogP contribution >= 0.6 is 0 Å². The number of fused-ring (bicyclic) bond motifs is 1. The van der Waals surface area contributed by atoms with E-state index in [0.29, 0.717) is 5.56 Å². The molecule has 0 saturated carbocycles. The third-order valence-corrected chi connectivity index (χ3v) is 4.36. The monoisotopic (exact) mass is 351 g/mol. The smallest absolute Gasteiger partial charge is 0.257 e. The lowest BCUT2D eigenvalue weighted by atomic mass is 10.2. The van der Waals surface area contributed by atoms with Crippen LogP contribution in [0.5, 0.6) is 0 Å². The van der Waals surface area contributed by atoms with Crippen LogP contribution in [0.2, 0.25) is 0 Å². The van der Waals surface area contributed by atoms with E-state index in [4.69, 9.17) is 0 Å². The second kappa shape index (κ2) is 6.55. The van der Waals surface area contributed by atoms with Gasteiger partial charge in [0, 0.05) is 30.2 Å². The third-order valence-electron chi connectivity index (χ3n) is 4.36. The summed E-state index contributed by atoms with van der Waals surface area (Å²) in [4.78, 5) is 18.7. The molecule has 0 fully saturated rings. The Morgan fingerprint density at radius 3 is 2.73 bits per heavy atom. The Hall–Kier alpha value is -3.28. The van der Waals surface area contributed by atoms with Gasteiger partial charge >= 0.3 is 0 Å². The van der Waals surface area contributed by atoms with Crippen LogP contribution in [0.1, 0.15) is 15.9 Å². The fourth-order valence-corrected chi connectivity index (χ4v) is 3.08. The van der Waals surface area contributed by atoms with E-state index < -0.39 is 17.5 Å². The van der Waals surface area contributed by atoms with Crippen molar-refractivity contribution >= 4 is 23.0 Å². The summed E-state index contributed by atoms with van der Waals surface area (Å²) >= 11 is 0. The van der Waals surface area contributed by atoms with Gasteiger partial charge in [-0.25, -0.2) is 8.78 Å². The molecule has 1 aromatic heterocycles. The van der Waals surface area contributed by atoms with E-state index in [1.54, 1.807) is 12.3 Å². The summed E-state index contributed by atoms with van der Waals surface area (Å²) in [6.07, 6.45) is 4.08. The van der Waals surface area contributed by atoms with E-state index in [2.05, 4.69) is 21.3 Å². The minimum atomic E-state index is -1.01. The lowest BCUT2D eigenvalue weighted by Crippen LogP contribution is -2.16. The maximum Gasteiger partial charge on any atom is 0.257 e. The summed E-state index contributed by atoms with van der Waals surface area (Å²) in [6, 6.07) is 13.1. The number of carbonyl (C=O) groups is 1. The normalized spacial score (nSPS) is 12.8. The van der Waals surface area contributed by atoms with Crippen LogP contribution in [0.25, 0.3) is 0 Å². The molecule has 4 nitrogen and oxygen atoms in total. The molecule has 4 rings (SSSR count). The van der Waals surface area contributed by atoms with E-state index in [0.717, 1.165) is 36.5 Å². The van der Waals surface area contributed by atoms with Gasteiger partial charge in [-0.1, -0.05) is 18.2 Å². The average molecular weight is 351 g/mol. The third kappa shape index (κ3) is 3.01. The topological polar surface area (TPSA) is 45.2 Å². The summed E-state index contributed by atoms with van der Waals surface area (Å²) in [5.74, 6) is -2.40. The summed E-state index contributed by atoms with van der Waals surface area (Å²) in [6.45, 7) is 0.815. The number of para-hydroxylation sites is 1. The zero-order valence-electron chi connectivity index (χ0n) is 13.7. The first-order valence-electron chi connectivity index (χ1n) is 8.19. The first-order valence-corrected chi connectivity index (χ1v) is 8.19. The van der Waals surface area contributed by atoms with Gasteiger partial charge in [0.15, 0.2) is 11.6 Å². The van der Waals surface area contributed by atoms with Crippen LogP contribution < -0.4 is 10.2 Å². The van der Waals surface area contributed by atoms with Crippen LogP contribution in [0.3, 0.4) is 0 Å². The minimum absolute atomic E-state index is 0.186. The molecule has 130 valence electrons. The van der Waals surface area contributed by atoms with E-state index in [1.807, 2.05) is 18.2 Å². The molecule has 6 heteroatoms. The van der Waals surface area contributed by atoms with Gasteiger partial charge in [0.05, 0.1) is 17.4 Å². The van der Waals surface area contributed by atoms with E-state index >= 15 is 0 Å². The van der Waals surface area contributed by atoms with Crippen molar-refractivity contribution < 1.29 is 13.6 Å². The van der Waals surface area contributed by atoms with Gasteiger partial charge in [0.1, 0.15) is 0 Å². The average Bonchev–Trinajstić information content (AvgIpc) is 3.09. The Morgan fingerprint density at radius 2 is 1.88 bits per heavy atom. The van der Waals surface area contributed by atoms with E-state index in [-0.39, 0.29) is 5.69 Å². The highest BCUT2D eigenvalue weighted by atomic mass is 19.2. The molecular weight excluding hydrogens is 336 g/mol. The fraction of sp³-hybridized carbons (Fsp3) is 0.100. The minimum Gasteiger partial charge on any atom is -0.340 e. The van der Waals surface area contributed by atoms with Crippen molar-refractivity contribution in [2.24, 2.45) is 0 Å². The van der Waals surface area contributed by atoms with Crippen LogP contribution in [0.15, 0.2) is 60.9 Å². The summed E-state index contributed by atoms with van der Waals surface area (Å²) in [5, 5.41) is 2.56. The standard InChI is InChI=1S/C20H15F2N3O/c21-17-6-5-15(10-18(17)22)24-20(26)14-9-16(12-23-11-14)25-8-7-13-3-1-2-4-19(13)25/h1-6,9-12H,7-8H2,(H,24,26). The molecule has 26 heavy (non-hydrogen) atoms. The Balaban J connectivity index is 1.58. The molecular formula is C20H15F2N3O. The highest BCUT2D eigenvalue weighted by Crippen LogP contribution is 2.34. The number of carbonyl (C=O) groups excluding carboxylic acids is 1. The number of anilines is 3. The fourth-order valence-electron chi connectivity index (χ4n) is 3.08. The number of amides is 1. The largest absolute Gasteiger partial charge is 0.340 e. The Labute approximate surface area is 149 Å². The number of benzene rings is 2. The number of rotatable bonds is 3. The van der Waals surface area contributed by atoms with Gasteiger partial charge in [-0.2, -0.15) is 0 Å². The molecule has 0 aliphatic carbocycles. The summed E-state index contributed by atoms with van der Waals surface area (Å²) in [5.41, 5.74) is 3.70. The molecule has 0 radical (unpaired) electrons. The molecule has 0 spiro atoms. The zero-order chi connectivity index (χ0) is 18.1. The van der Waals surface area contributed by atoms with Crippen LogP contribution in [0.4, 0.5) is 25.8 Å². The zero-order valence-corrected chi connectivity index (χ0v) is 13.7. The van der Waals surface area contributed by atoms with Gasteiger partial charge in [0.2, 0.25) is 0 Å². The van der Waals surface area contributed by atoms with E-state index in [9.17, 15) is 13.6 Å². The van der Waals surface area contributed by atoms with Crippen molar-refractivity contribution in [3.05, 3.63) is 83.7 Å². The molecule has 1 aliphatic heterocycles. The van der Waals surface area contributed by atoms with Crippen molar-refractivity contribution in [3.8, 4) is 0 Å². The van der Waals surface area contributed by atoms with Gasteiger partial charge in [-0.15, -0.1) is 0 Å². The lowest BCUT2D eigenvalue weighted by Gasteiger charge is -2.19.